The first-order chi connectivity index (χ1) is 12.8. The largest absolute Gasteiger partial charge is 0.497 e. The Kier molecular flexibility index (Phi) is 6.81. The van der Waals surface area contributed by atoms with Gasteiger partial charge >= 0.3 is 5.97 Å². The van der Waals surface area contributed by atoms with Gasteiger partial charge < -0.3 is 14.2 Å². The van der Waals surface area contributed by atoms with E-state index in [-0.39, 0.29) is 17.1 Å². The maximum absolute atomic E-state index is 12.6. The van der Waals surface area contributed by atoms with Crippen LogP contribution in [0.5, 0.6) is 11.5 Å². The van der Waals surface area contributed by atoms with Gasteiger partial charge in [-0.1, -0.05) is 6.07 Å². The summed E-state index contributed by atoms with van der Waals surface area (Å²) in [5.74, 6) is 0.725. The average Bonchev–Trinajstić information content (AvgIpc) is 2.66. The number of benzene rings is 2. The summed E-state index contributed by atoms with van der Waals surface area (Å²) in [6, 6.07) is 10.8. The predicted molar refractivity (Wildman–Crippen MR) is 101 cm³/mol. The van der Waals surface area contributed by atoms with Crippen LogP contribution in [-0.4, -0.2) is 41.3 Å². The number of carbonyl (C=O) groups is 1. The van der Waals surface area contributed by atoms with E-state index in [2.05, 4.69) is 9.46 Å². The lowest BCUT2D eigenvalue weighted by molar-refractivity contribution is 0.0599. The minimum absolute atomic E-state index is 0.00945. The Balaban J connectivity index is 2.05. The zero-order chi connectivity index (χ0) is 20.0. The highest BCUT2D eigenvalue weighted by Gasteiger charge is 2.20. The number of ether oxygens (including phenoxy) is 3. The van der Waals surface area contributed by atoms with Crippen LogP contribution in [-0.2, 0) is 14.8 Å². The number of aryl methyl sites for hydroxylation is 1. The summed E-state index contributed by atoms with van der Waals surface area (Å²) >= 11 is 0. The van der Waals surface area contributed by atoms with Crippen molar-refractivity contribution in [2.75, 3.05) is 20.8 Å². The molecule has 0 fully saturated rings. The van der Waals surface area contributed by atoms with Crippen molar-refractivity contribution in [3.05, 3.63) is 53.6 Å². The maximum Gasteiger partial charge on any atom is 0.338 e. The average molecular weight is 393 g/mol. The first-order valence-corrected chi connectivity index (χ1v) is 9.73. The van der Waals surface area contributed by atoms with Crippen molar-refractivity contribution in [3.63, 3.8) is 0 Å². The molecule has 0 aliphatic heterocycles. The fourth-order valence-corrected chi connectivity index (χ4v) is 3.61. The molecular formula is C19H23NO6S. The summed E-state index contributed by atoms with van der Waals surface area (Å²) in [6.07, 6.45) is 0. The Morgan fingerprint density at radius 2 is 1.70 bits per heavy atom. The van der Waals surface area contributed by atoms with Gasteiger partial charge in [0.15, 0.2) is 0 Å². The van der Waals surface area contributed by atoms with Crippen LogP contribution < -0.4 is 14.2 Å². The lowest BCUT2D eigenvalue weighted by Crippen LogP contribution is -2.36. The van der Waals surface area contributed by atoms with Gasteiger partial charge in [-0.25, -0.2) is 17.9 Å². The van der Waals surface area contributed by atoms with Crippen LogP contribution in [0.3, 0.4) is 0 Å². The Bertz CT molecular complexity index is 893. The van der Waals surface area contributed by atoms with Crippen LogP contribution in [0.2, 0.25) is 0 Å². The van der Waals surface area contributed by atoms with E-state index in [1.165, 1.54) is 19.2 Å². The van der Waals surface area contributed by atoms with Gasteiger partial charge in [-0.05, 0) is 55.8 Å². The summed E-state index contributed by atoms with van der Waals surface area (Å²) in [7, 11) is -0.991. The third-order valence-electron chi connectivity index (χ3n) is 3.84. The van der Waals surface area contributed by atoms with E-state index in [0.717, 1.165) is 0 Å². The molecule has 0 bridgehead atoms. The maximum atomic E-state index is 12.6. The fraction of sp³-hybridized carbons (Fsp3) is 0.316. The molecule has 2 aromatic rings. The van der Waals surface area contributed by atoms with E-state index in [1.807, 2.05) is 0 Å². The Morgan fingerprint density at radius 1 is 1.07 bits per heavy atom. The van der Waals surface area contributed by atoms with E-state index >= 15 is 0 Å². The van der Waals surface area contributed by atoms with Crippen molar-refractivity contribution < 1.29 is 27.4 Å². The fourth-order valence-electron chi connectivity index (χ4n) is 2.36. The minimum atomic E-state index is -3.81. The first kappa shape index (κ1) is 20.7. The molecule has 8 heteroatoms. The quantitative estimate of drug-likeness (QED) is 0.693. The van der Waals surface area contributed by atoms with Crippen molar-refractivity contribution in [3.8, 4) is 11.5 Å². The second-order valence-electron chi connectivity index (χ2n) is 5.98. The zero-order valence-corrected chi connectivity index (χ0v) is 16.5. The molecule has 0 radical (unpaired) electrons. The summed E-state index contributed by atoms with van der Waals surface area (Å²) in [5, 5.41) is 0. The minimum Gasteiger partial charge on any atom is -0.497 e. The predicted octanol–water partition coefficient (Wildman–Crippen LogP) is 2.54. The van der Waals surface area contributed by atoms with E-state index in [4.69, 9.17) is 9.47 Å². The normalized spacial score (nSPS) is 12.3. The van der Waals surface area contributed by atoms with Crippen molar-refractivity contribution >= 4 is 16.0 Å². The standard InChI is InChI=1S/C19H23NO6S/c1-13-5-10-17(11-18(13)19(21)25-4)27(22,23)20-14(2)12-26-16-8-6-15(24-3)7-9-16/h5-11,14,20H,12H2,1-4H3/t14-/m0/s1. The van der Waals surface area contributed by atoms with Crippen molar-refractivity contribution in [2.45, 2.75) is 24.8 Å². The molecule has 2 rings (SSSR count). The van der Waals surface area contributed by atoms with Gasteiger partial charge in [0.25, 0.3) is 0 Å². The van der Waals surface area contributed by atoms with Gasteiger partial charge in [-0.3, -0.25) is 0 Å². The molecule has 7 nitrogen and oxygen atoms in total. The molecule has 1 atom stereocenters. The van der Waals surface area contributed by atoms with Crippen LogP contribution in [0.15, 0.2) is 47.4 Å². The van der Waals surface area contributed by atoms with Crippen LogP contribution in [0.1, 0.15) is 22.8 Å². The van der Waals surface area contributed by atoms with Gasteiger partial charge in [0.2, 0.25) is 10.0 Å². The molecular weight excluding hydrogens is 370 g/mol. The topological polar surface area (TPSA) is 90.9 Å². The van der Waals surface area contributed by atoms with Gasteiger partial charge in [-0.15, -0.1) is 0 Å². The molecule has 0 aliphatic carbocycles. The van der Waals surface area contributed by atoms with E-state index < -0.39 is 22.0 Å². The number of esters is 1. The lowest BCUT2D eigenvalue weighted by atomic mass is 10.1. The first-order valence-electron chi connectivity index (χ1n) is 8.25. The van der Waals surface area contributed by atoms with Crippen LogP contribution in [0.25, 0.3) is 0 Å². The molecule has 1 N–H and O–H groups in total. The molecule has 27 heavy (non-hydrogen) atoms. The number of rotatable bonds is 8. The third kappa shape index (κ3) is 5.45. The number of sulfonamides is 1. The number of methoxy groups -OCH3 is 2. The third-order valence-corrected chi connectivity index (χ3v) is 5.43. The Morgan fingerprint density at radius 3 is 2.30 bits per heavy atom. The number of hydrogen-bond donors (Lipinski definition) is 1. The highest BCUT2D eigenvalue weighted by Crippen LogP contribution is 2.18. The SMILES string of the molecule is COC(=O)c1cc(S(=O)(=O)N[C@@H](C)COc2ccc(OC)cc2)ccc1C. The summed E-state index contributed by atoms with van der Waals surface area (Å²) < 4.78 is 43.0. The zero-order valence-electron chi connectivity index (χ0n) is 15.7. The Labute approximate surface area is 159 Å². The molecule has 2 aromatic carbocycles. The summed E-state index contributed by atoms with van der Waals surface area (Å²) in [5.41, 5.74) is 0.846. The summed E-state index contributed by atoms with van der Waals surface area (Å²) in [4.78, 5) is 11.8. The van der Waals surface area contributed by atoms with Crippen molar-refractivity contribution in [2.24, 2.45) is 0 Å². The molecule has 0 amide bonds. The van der Waals surface area contributed by atoms with Gasteiger partial charge in [0.05, 0.1) is 30.7 Å². The van der Waals surface area contributed by atoms with Crippen molar-refractivity contribution in [1.29, 1.82) is 0 Å². The van der Waals surface area contributed by atoms with Crippen LogP contribution in [0, 0.1) is 6.92 Å². The number of nitrogens with one attached hydrogen (secondary N) is 1. The van der Waals surface area contributed by atoms with E-state index in [0.29, 0.717) is 17.1 Å². The van der Waals surface area contributed by atoms with Crippen molar-refractivity contribution in [1.82, 2.24) is 4.72 Å². The van der Waals surface area contributed by atoms with E-state index in [9.17, 15) is 13.2 Å². The highest BCUT2D eigenvalue weighted by atomic mass is 32.2. The Hall–Kier alpha value is -2.58. The number of carbonyl (C=O) groups excluding carboxylic acids is 1. The molecule has 0 aromatic heterocycles. The highest BCUT2D eigenvalue weighted by molar-refractivity contribution is 7.89. The molecule has 0 heterocycles. The summed E-state index contributed by atoms with van der Waals surface area (Å²) in [6.45, 7) is 3.54. The second-order valence-corrected chi connectivity index (χ2v) is 7.69. The molecule has 146 valence electrons. The van der Waals surface area contributed by atoms with Crippen LogP contribution in [0.4, 0.5) is 0 Å². The van der Waals surface area contributed by atoms with Gasteiger partial charge in [0, 0.05) is 0 Å². The van der Waals surface area contributed by atoms with Crippen LogP contribution >= 0.6 is 0 Å². The van der Waals surface area contributed by atoms with E-state index in [1.54, 1.807) is 51.3 Å². The molecule has 0 unspecified atom stereocenters. The molecule has 0 saturated carbocycles. The van der Waals surface area contributed by atoms with Gasteiger partial charge in [-0.2, -0.15) is 0 Å². The molecule has 0 aliphatic rings. The monoisotopic (exact) mass is 393 g/mol. The van der Waals surface area contributed by atoms with Gasteiger partial charge in [0.1, 0.15) is 18.1 Å². The molecule has 0 saturated heterocycles. The number of hydrogen-bond acceptors (Lipinski definition) is 6. The smallest absolute Gasteiger partial charge is 0.338 e. The lowest BCUT2D eigenvalue weighted by Gasteiger charge is -2.16. The second kappa shape index (κ2) is 8.88. The molecule has 0 spiro atoms.